The Balaban J connectivity index is 1.79. The van der Waals surface area contributed by atoms with Crippen molar-refractivity contribution in [2.24, 2.45) is 5.92 Å². The Morgan fingerprint density at radius 1 is 1.37 bits per heavy atom. The summed E-state index contributed by atoms with van der Waals surface area (Å²) in [5, 5.41) is 13.1. The van der Waals surface area contributed by atoms with Crippen LogP contribution in [0.25, 0.3) is 10.7 Å². The van der Waals surface area contributed by atoms with Gasteiger partial charge < -0.3 is 0 Å². The van der Waals surface area contributed by atoms with Crippen molar-refractivity contribution in [1.29, 1.82) is 0 Å². The molecule has 0 radical (unpaired) electrons. The van der Waals surface area contributed by atoms with Crippen LogP contribution in [0.1, 0.15) is 12.8 Å². The molecule has 0 aromatic carbocycles. The molecule has 1 aliphatic carbocycles. The van der Waals surface area contributed by atoms with E-state index >= 15 is 0 Å². The van der Waals surface area contributed by atoms with E-state index < -0.39 is 0 Å². The molecule has 1 amide bonds. The third-order valence-corrected chi connectivity index (χ3v) is 5.08. The molecule has 0 saturated heterocycles. The summed E-state index contributed by atoms with van der Waals surface area (Å²) in [4.78, 5) is 13.4. The maximum Gasteiger partial charge on any atom is 0.244 e. The van der Waals surface area contributed by atoms with Crippen molar-refractivity contribution < 1.29 is 4.79 Å². The van der Waals surface area contributed by atoms with Crippen molar-refractivity contribution in [3.8, 4) is 10.7 Å². The summed E-state index contributed by atoms with van der Waals surface area (Å²) >= 11 is 3.28. The first-order valence-corrected chi connectivity index (χ1v) is 8.15. The lowest BCUT2D eigenvalue weighted by Gasteiger charge is -2.29. The average Bonchev–Trinajstić information content (AvgIpc) is 2.98. The van der Waals surface area contributed by atoms with E-state index in [2.05, 4.69) is 10.2 Å². The number of thioether (sulfide) groups is 1. The zero-order valence-electron chi connectivity index (χ0n) is 10.2. The molecule has 5 nitrogen and oxygen atoms in total. The van der Waals surface area contributed by atoms with E-state index in [0.717, 1.165) is 41.0 Å². The minimum atomic E-state index is 0.217. The monoisotopic (exact) mass is 292 g/mol. The molecule has 0 spiro atoms. The van der Waals surface area contributed by atoms with Crippen molar-refractivity contribution >= 4 is 29.0 Å². The van der Waals surface area contributed by atoms with Crippen molar-refractivity contribution in [3.05, 3.63) is 17.5 Å². The molecule has 98 valence electrons. The fourth-order valence-electron chi connectivity index (χ4n) is 2.21. The normalized spacial score (nSPS) is 18.4. The highest BCUT2D eigenvalue weighted by atomic mass is 32.2. The first kappa shape index (κ1) is 11.5. The van der Waals surface area contributed by atoms with Crippen molar-refractivity contribution in [3.63, 3.8) is 0 Å². The SMILES string of the molecule is O=C(C1CC1)N1CCSc2nnc(-c3cccs3)n21. The molecule has 2 aromatic rings. The van der Waals surface area contributed by atoms with Crippen LogP contribution >= 0.6 is 23.1 Å². The summed E-state index contributed by atoms with van der Waals surface area (Å²) in [7, 11) is 0. The van der Waals surface area contributed by atoms with Gasteiger partial charge in [-0.1, -0.05) is 17.8 Å². The topological polar surface area (TPSA) is 51.0 Å². The van der Waals surface area contributed by atoms with Crippen LogP contribution < -0.4 is 5.01 Å². The number of rotatable bonds is 2. The number of fused-ring (bicyclic) bond motifs is 1. The summed E-state index contributed by atoms with van der Waals surface area (Å²) in [6.45, 7) is 0.739. The third kappa shape index (κ3) is 1.88. The van der Waals surface area contributed by atoms with Crippen molar-refractivity contribution in [2.45, 2.75) is 18.0 Å². The van der Waals surface area contributed by atoms with Crippen LogP contribution in [-0.4, -0.2) is 33.1 Å². The van der Waals surface area contributed by atoms with Gasteiger partial charge >= 0.3 is 0 Å². The zero-order chi connectivity index (χ0) is 12.8. The van der Waals surface area contributed by atoms with Crippen LogP contribution in [0.15, 0.2) is 22.7 Å². The number of amides is 1. The maximum absolute atomic E-state index is 12.4. The van der Waals surface area contributed by atoms with E-state index in [0.29, 0.717) is 0 Å². The predicted molar refractivity (Wildman–Crippen MR) is 74.9 cm³/mol. The highest BCUT2D eigenvalue weighted by molar-refractivity contribution is 7.99. The average molecular weight is 292 g/mol. The summed E-state index contributed by atoms with van der Waals surface area (Å²) in [6.07, 6.45) is 2.04. The Labute approximate surface area is 118 Å². The Kier molecular flexibility index (Phi) is 2.63. The Morgan fingerprint density at radius 3 is 3.00 bits per heavy atom. The van der Waals surface area contributed by atoms with Crippen LogP contribution in [0.5, 0.6) is 0 Å². The van der Waals surface area contributed by atoms with Crippen LogP contribution in [-0.2, 0) is 4.79 Å². The fraction of sp³-hybridized carbons (Fsp3) is 0.417. The predicted octanol–water partition coefficient (Wildman–Crippen LogP) is 1.99. The second-order valence-corrected chi connectivity index (χ2v) is 6.69. The van der Waals surface area contributed by atoms with Gasteiger partial charge in [-0.15, -0.1) is 21.5 Å². The fourth-order valence-corrected chi connectivity index (χ4v) is 3.75. The molecule has 1 fully saturated rings. The molecule has 4 rings (SSSR count). The molecule has 1 saturated carbocycles. The third-order valence-electron chi connectivity index (χ3n) is 3.31. The zero-order valence-corrected chi connectivity index (χ0v) is 11.8. The standard InChI is InChI=1S/C12H12N4OS2/c17-11(8-3-4-8)15-5-7-19-12-14-13-10(16(12)15)9-2-1-6-18-9/h1-2,6,8H,3-5,7H2. The minimum Gasteiger partial charge on any atom is -0.273 e. The number of carbonyl (C=O) groups excluding carboxylic acids is 1. The molecule has 0 bridgehead atoms. The first-order valence-electron chi connectivity index (χ1n) is 6.28. The second kappa shape index (κ2) is 4.35. The van der Waals surface area contributed by atoms with Gasteiger partial charge in [0, 0.05) is 11.7 Å². The molecule has 0 N–H and O–H groups in total. The van der Waals surface area contributed by atoms with Gasteiger partial charge in [-0.2, -0.15) is 0 Å². The van der Waals surface area contributed by atoms with Crippen LogP contribution in [0.4, 0.5) is 0 Å². The van der Waals surface area contributed by atoms with Crippen LogP contribution in [0.3, 0.4) is 0 Å². The Morgan fingerprint density at radius 2 is 2.26 bits per heavy atom. The first-order chi connectivity index (χ1) is 9.34. The van der Waals surface area contributed by atoms with E-state index in [9.17, 15) is 4.79 Å². The van der Waals surface area contributed by atoms with E-state index in [4.69, 9.17) is 0 Å². The number of carbonyl (C=O) groups is 1. The number of nitrogens with zero attached hydrogens (tertiary/aromatic N) is 4. The summed E-state index contributed by atoms with van der Waals surface area (Å²) in [5.74, 6) is 2.11. The molecule has 19 heavy (non-hydrogen) atoms. The van der Waals surface area contributed by atoms with E-state index in [1.54, 1.807) is 23.1 Å². The van der Waals surface area contributed by atoms with Gasteiger partial charge in [-0.3, -0.25) is 4.79 Å². The van der Waals surface area contributed by atoms with Crippen LogP contribution in [0.2, 0.25) is 0 Å². The number of aromatic nitrogens is 3. The van der Waals surface area contributed by atoms with Crippen molar-refractivity contribution in [2.75, 3.05) is 17.3 Å². The second-order valence-electron chi connectivity index (χ2n) is 4.68. The lowest BCUT2D eigenvalue weighted by molar-refractivity contribution is -0.121. The highest BCUT2D eigenvalue weighted by Gasteiger charge is 2.37. The molecule has 3 heterocycles. The van der Waals surface area contributed by atoms with E-state index in [-0.39, 0.29) is 11.8 Å². The Bertz CT molecular complexity index is 618. The lowest BCUT2D eigenvalue weighted by Crippen LogP contribution is -2.45. The van der Waals surface area contributed by atoms with Gasteiger partial charge in [0.25, 0.3) is 0 Å². The van der Waals surface area contributed by atoms with E-state index in [1.807, 2.05) is 27.2 Å². The molecular weight excluding hydrogens is 280 g/mol. The highest BCUT2D eigenvalue weighted by Crippen LogP contribution is 2.35. The summed E-state index contributed by atoms with van der Waals surface area (Å²) < 4.78 is 1.90. The van der Waals surface area contributed by atoms with Gasteiger partial charge in [-0.25, -0.2) is 9.69 Å². The molecule has 1 aliphatic heterocycles. The summed E-state index contributed by atoms with van der Waals surface area (Å²) in [6, 6.07) is 4.01. The lowest BCUT2D eigenvalue weighted by atomic mass is 10.4. The largest absolute Gasteiger partial charge is 0.273 e. The molecule has 0 atom stereocenters. The number of thiophene rings is 1. The van der Waals surface area contributed by atoms with Crippen molar-refractivity contribution in [1.82, 2.24) is 14.9 Å². The molecular formula is C12H12N4OS2. The number of hydrogen-bond acceptors (Lipinski definition) is 5. The smallest absolute Gasteiger partial charge is 0.244 e. The molecule has 2 aromatic heterocycles. The maximum atomic E-state index is 12.4. The molecule has 7 heteroatoms. The van der Waals surface area contributed by atoms with Gasteiger partial charge in [0.15, 0.2) is 5.82 Å². The molecule has 2 aliphatic rings. The van der Waals surface area contributed by atoms with E-state index in [1.165, 1.54) is 0 Å². The summed E-state index contributed by atoms with van der Waals surface area (Å²) in [5.41, 5.74) is 0. The van der Waals surface area contributed by atoms with Gasteiger partial charge in [-0.05, 0) is 24.3 Å². The number of hydrogen-bond donors (Lipinski definition) is 0. The quantitative estimate of drug-likeness (QED) is 0.849. The molecule has 0 unspecified atom stereocenters. The van der Waals surface area contributed by atoms with Gasteiger partial charge in [0.1, 0.15) is 0 Å². The Hall–Kier alpha value is -1.34. The van der Waals surface area contributed by atoms with Gasteiger partial charge in [0.2, 0.25) is 11.1 Å². The van der Waals surface area contributed by atoms with Crippen LogP contribution in [0, 0.1) is 5.92 Å². The minimum absolute atomic E-state index is 0.217. The van der Waals surface area contributed by atoms with Gasteiger partial charge in [0.05, 0.1) is 11.4 Å².